The highest BCUT2D eigenvalue weighted by molar-refractivity contribution is 5.73. The van der Waals surface area contributed by atoms with Crippen molar-refractivity contribution in [3.05, 3.63) is 12.2 Å². The molecule has 0 N–H and O–H groups in total. The summed E-state index contributed by atoms with van der Waals surface area (Å²) in [5, 5.41) is 0. The van der Waals surface area contributed by atoms with Crippen molar-refractivity contribution in [2.24, 2.45) is 17.8 Å². The fraction of sp³-hybridized carbons (Fsp3) is 0.786. The predicted molar refractivity (Wildman–Crippen MR) is 63.9 cm³/mol. The van der Waals surface area contributed by atoms with Crippen molar-refractivity contribution in [1.82, 2.24) is 0 Å². The molecule has 0 aromatic heterocycles. The summed E-state index contributed by atoms with van der Waals surface area (Å²) in [5.41, 5.74) is -0.349. The SMILES string of the molecule is CC(C)(C)OC(=O)C1CCC2C=CC(C2)C1. The molecule has 1 saturated carbocycles. The Kier molecular flexibility index (Phi) is 3.09. The number of allylic oxidation sites excluding steroid dienone is 2. The summed E-state index contributed by atoms with van der Waals surface area (Å²) in [6, 6.07) is 0. The molecule has 3 atom stereocenters. The van der Waals surface area contributed by atoms with Crippen molar-refractivity contribution in [2.75, 3.05) is 0 Å². The lowest BCUT2D eigenvalue weighted by Gasteiger charge is -2.24. The maximum atomic E-state index is 12.0. The van der Waals surface area contributed by atoms with Gasteiger partial charge in [0.15, 0.2) is 0 Å². The van der Waals surface area contributed by atoms with Gasteiger partial charge in [-0.3, -0.25) is 4.79 Å². The lowest BCUT2D eigenvalue weighted by molar-refractivity contribution is -0.160. The number of esters is 1. The van der Waals surface area contributed by atoms with Crippen molar-refractivity contribution in [2.45, 2.75) is 52.1 Å². The fourth-order valence-electron chi connectivity index (χ4n) is 2.75. The lowest BCUT2D eigenvalue weighted by Crippen LogP contribution is -2.29. The number of hydrogen-bond donors (Lipinski definition) is 0. The summed E-state index contributed by atoms with van der Waals surface area (Å²) < 4.78 is 5.48. The molecule has 2 aliphatic rings. The van der Waals surface area contributed by atoms with Gasteiger partial charge in [-0.2, -0.15) is 0 Å². The van der Waals surface area contributed by atoms with E-state index in [-0.39, 0.29) is 17.5 Å². The second-order valence-electron chi connectivity index (χ2n) is 6.18. The highest BCUT2D eigenvalue weighted by Gasteiger charge is 2.32. The molecule has 0 aromatic carbocycles. The monoisotopic (exact) mass is 222 g/mol. The molecule has 0 radical (unpaired) electrons. The van der Waals surface area contributed by atoms with Crippen LogP contribution in [0.15, 0.2) is 12.2 Å². The van der Waals surface area contributed by atoms with E-state index < -0.39 is 0 Å². The quantitative estimate of drug-likeness (QED) is 0.502. The number of ether oxygens (including phenoxy) is 1. The van der Waals surface area contributed by atoms with Gasteiger partial charge in [0, 0.05) is 0 Å². The molecule has 90 valence electrons. The highest BCUT2D eigenvalue weighted by Crippen LogP contribution is 2.38. The van der Waals surface area contributed by atoms with Gasteiger partial charge in [-0.05, 0) is 58.3 Å². The molecular weight excluding hydrogens is 200 g/mol. The Morgan fingerprint density at radius 2 is 1.81 bits per heavy atom. The second-order valence-corrected chi connectivity index (χ2v) is 6.18. The summed E-state index contributed by atoms with van der Waals surface area (Å²) in [6.45, 7) is 5.81. The molecule has 2 bridgehead atoms. The van der Waals surface area contributed by atoms with Crippen LogP contribution in [0.2, 0.25) is 0 Å². The van der Waals surface area contributed by atoms with Crippen LogP contribution >= 0.6 is 0 Å². The Labute approximate surface area is 98.1 Å². The molecule has 2 rings (SSSR count). The molecule has 3 unspecified atom stereocenters. The smallest absolute Gasteiger partial charge is 0.309 e. The third-order valence-corrected chi connectivity index (χ3v) is 3.47. The minimum atomic E-state index is -0.349. The van der Waals surface area contributed by atoms with Gasteiger partial charge in [0.2, 0.25) is 0 Å². The Morgan fingerprint density at radius 1 is 1.12 bits per heavy atom. The standard InChI is InChI=1S/C14H22O2/c1-14(2,3)16-13(15)12-7-6-10-4-5-11(8-10)9-12/h4-5,10-12H,6-9H2,1-3H3. The summed E-state index contributed by atoms with van der Waals surface area (Å²) >= 11 is 0. The maximum absolute atomic E-state index is 12.0. The first-order chi connectivity index (χ1) is 7.44. The average molecular weight is 222 g/mol. The van der Waals surface area contributed by atoms with E-state index in [9.17, 15) is 4.79 Å². The van der Waals surface area contributed by atoms with Crippen molar-refractivity contribution >= 4 is 5.97 Å². The van der Waals surface area contributed by atoms with Gasteiger partial charge < -0.3 is 4.74 Å². The van der Waals surface area contributed by atoms with Crippen LogP contribution in [0, 0.1) is 17.8 Å². The van der Waals surface area contributed by atoms with Gasteiger partial charge in [-0.25, -0.2) is 0 Å². The van der Waals surface area contributed by atoms with E-state index in [0.29, 0.717) is 5.92 Å². The van der Waals surface area contributed by atoms with Crippen LogP contribution in [0.4, 0.5) is 0 Å². The van der Waals surface area contributed by atoms with Crippen LogP contribution in [0.3, 0.4) is 0 Å². The summed E-state index contributed by atoms with van der Waals surface area (Å²) in [5.74, 6) is 1.47. The first kappa shape index (κ1) is 11.7. The first-order valence-electron chi connectivity index (χ1n) is 6.35. The molecular formula is C14H22O2. The van der Waals surface area contributed by atoms with Gasteiger partial charge >= 0.3 is 5.97 Å². The molecule has 0 saturated heterocycles. The van der Waals surface area contributed by atoms with Crippen LogP contribution in [-0.4, -0.2) is 11.6 Å². The second kappa shape index (κ2) is 4.23. The zero-order valence-electron chi connectivity index (χ0n) is 10.5. The van der Waals surface area contributed by atoms with E-state index in [4.69, 9.17) is 4.74 Å². The van der Waals surface area contributed by atoms with Crippen LogP contribution < -0.4 is 0 Å². The molecule has 0 spiro atoms. The number of fused-ring (bicyclic) bond motifs is 2. The van der Waals surface area contributed by atoms with Gasteiger partial charge in [0.1, 0.15) is 5.60 Å². The molecule has 0 aliphatic heterocycles. The minimum Gasteiger partial charge on any atom is -0.460 e. The molecule has 2 nitrogen and oxygen atoms in total. The van der Waals surface area contributed by atoms with Crippen molar-refractivity contribution < 1.29 is 9.53 Å². The molecule has 0 amide bonds. The molecule has 0 aromatic rings. The summed E-state index contributed by atoms with van der Waals surface area (Å²) in [7, 11) is 0. The van der Waals surface area contributed by atoms with E-state index in [1.807, 2.05) is 20.8 Å². The maximum Gasteiger partial charge on any atom is 0.309 e. The van der Waals surface area contributed by atoms with Crippen LogP contribution in [0.25, 0.3) is 0 Å². The van der Waals surface area contributed by atoms with Crippen LogP contribution in [0.5, 0.6) is 0 Å². The Bertz CT molecular complexity index is 298. The van der Waals surface area contributed by atoms with E-state index >= 15 is 0 Å². The molecule has 0 heterocycles. The van der Waals surface area contributed by atoms with Crippen molar-refractivity contribution in [1.29, 1.82) is 0 Å². The predicted octanol–water partition coefficient (Wildman–Crippen LogP) is 3.32. The Balaban J connectivity index is 1.95. The van der Waals surface area contributed by atoms with Gasteiger partial charge in [-0.15, -0.1) is 0 Å². The van der Waals surface area contributed by atoms with E-state index in [1.165, 1.54) is 6.42 Å². The third kappa shape index (κ3) is 2.87. The highest BCUT2D eigenvalue weighted by atomic mass is 16.6. The van der Waals surface area contributed by atoms with Gasteiger partial charge in [-0.1, -0.05) is 12.2 Å². The molecule has 2 heteroatoms. The van der Waals surface area contributed by atoms with Crippen LogP contribution in [0.1, 0.15) is 46.5 Å². The lowest BCUT2D eigenvalue weighted by atomic mass is 9.93. The number of rotatable bonds is 1. The summed E-state index contributed by atoms with van der Waals surface area (Å²) in [6.07, 6.45) is 9.01. The average Bonchev–Trinajstić information content (AvgIpc) is 2.42. The first-order valence-corrected chi connectivity index (χ1v) is 6.35. The normalized spacial score (nSPS) is 33.6. The Hall–Kier alpha value is -0.790. The van der Waals surface area contributed by atoms with Crippen molar-refractivity contribution in [3.8, 4) is 0 Å². The number of carbonyl (C=O) groups is 1. The Morgan fingerprint density at radius 3 is 2.50 bits per heavy atom. The topological polar surface area (TPSA) is 26.3 Å². The zero-order chi connectivity index (χ0) is 11.8. The third-order valence-electron chi connectivity index (χ3n) is 3.47. The zero-order valence-corrected chi connectivity index (χ0v) is 10.5. The fourth-order valence-corrected chi connectivity index (χ4v) is 2.75. The largest absolute Gasteiger partial charge is 0.460 e. The molecule has 16 heavy (non-hydrogen) atoms. The van der Waals surface area contributed by atoms with Gasteiger partial charge in [0.25, 0.3) is 0 Å². The van der Waals surface area contributed by atoms with Crippen molar-refractivity contribution in [3.63, 3.8) is 0 Å². The molecule has 1 fully saturated rings. The van der Waals surface area contributed by atoms with Crippen LogP contribution in [-0.2, 0) is 9.53 Å². The minimum absolute atomic E-state index is 0.00782. The molecule has 2 aliphatic carbocycles. The number of hydrogen-bond acceptors (Lipinski definition) is 2. The van der Waals surface area contributed by atoms with E-state index in [0.717, 1.165) is 25.2 Å². The number of carbonyl (C=O) groups excluding carboxylic acids is 1. The summed E-state index contributed by atoms with van der Waals surface area (Å²) in [4.78, 5) is 12.0. The van der Waals surface area contributed by atoms with Gasteiger partial charge in [0.05, 0.1) is 5.92 Å². The van der Waals surface area contributed by atoms with E-state index in [2.05, 4.69) is 12.2 Å². The van der Waals surface area contributed by atoms with E-state index in [1.54, 1.807) is 0 Å².